The molecule has 4 heteroatoms. The lowest BCUT2D eigenvalue weighted by Crippen LogP contribution is -2.50. The minimum absolute atomic E-state index is 0.150. The van der Waals surface area contributed by atoms with E-state index in [4.69, 9.17) is 0 Å². The summed E-state index contributed by atoms with van der Waals surface area (Å²) in [5.74, 6) is 0.334. The van der Waals surface area contributed by atoms with E-state index in [-0.39, 0.29) is 5.41 Å². The highest BCUT2D eigenvalue weighted by Crippen LogP contribution is 2.34. The first-order chi connectivity index (χ1) is 13.8. The first-order valence-corrected chi connectivity index (χ1v) is 11.3. The topological polar surface area (TPSA) is 28.5 Å². The van der Waals surface area contributed by atoms with E-state index in [0.717, 1.165) is 45.4 Å². The first kappa shape index (κ1) is 20.5. The number of piperidine rings is 1. The largest absolute Gasteiger partial charge is 0.344 e. The van der Waals surface area contributed by atoms with E-state index < -0.39 is 0 Å². The second-order valence-electron chi connectivity index (χ2n) is 10.3. The maximum absolute atomic E-state index is 13.3. The molecular weight excluding hydrogens is 358 g/mol. The quantitative estimate of drug-likeness (QED) is 0.750. The van der Waals surface area contributed by atoms with Crippen LogP contribution in [-0.4, -0.2) is 46.5 Å². The highest BCUT2D eigenvalue weighted by atomic mass is 16.2. The number of aryl methyl sites for hydroxylation is 2. The number of hydrogen-bond donors (Lipinski definition) is 0. The van der Waals surface area contributed by atoms with E-state index in [2.05, 4.69) is 67.3 Å². The van der Waals surface area contributed by atoms with Crippen molar-refractivity contribution in [2.75, 3.05) is 20.1 Å². The number of aromatic nitrogens is 1. The molecule has 0 bridgehead atoms. The molecule has 4 rings (SSSR count). The average Bonchev–Trinajstić information content (AvgIpc) is 2.97. The predicted octanol–water partition coefficient (Wildman–Crippen LogP) is 4.75. The van der Waals surface area contributed by atoms with Gasteiger partial charge in [0.05, 0.1) is 0 Å². The van der Waals surface area contributed by atoms with Crippen LogP contribution in [0.25, 0.3) is 10.9 Å². The molecule has 0 saturated carbocycles. The molecule has 1 unspecified atom stereocenters. The van der Waals surface area contributed by atoms with Gasteiger partial charge in [-0.25, -0.2) is 0 Å². The number of hydrogen-bond acceptors (Lipinski definition) is 2. The fourth-order valence-corrected chi connectivity index (χ4v) is 5.44. The zero-order valence-corrected chi connectivity index (χ0v) is 18.9. The van der Waals surface area contributed by atoms with Crippen LogP contribution in [0.3, 0.4) is 0 Å². The Labute approximate surface area is 175 Å². The van der Waals surface area contributed by atoms with Crippen molar-refractivity contribution >= 4 is 16.8 Å². The Morgan fingerprint density at radius 2 is 1.97 bits per heavy atom. The molecule has 2 aliphatic rings. The average molecular weight is 396 g/mol. The highest BCUT2D eigenvalue weighted by Gasteiger charge is 2.35. The Hall–Kier alpha value is -1.81. The molecule has 1 amide bonds. The third kappa shape index (κ3) is 3.96. The number of carbonyl (C=O) groups is 1. The summed E-state index contributed by atoms with van der Waals surface area (Å²) in [6.45, 7) is 12.8. The summed E-state index contributed by atoms with van der Waals surface area (Å²) in [5.41, 5.74) is 5.67. The van der Waals surface area contributed by atoms with Crippen LogP contribution >= 0.6 is 0 Å². The number of carbonyl (C=O) groups excluding carboxylic acids is 1. The smallest absolute Gasteiger partial charge is 0.224 e. The van der Waals surface area contributed by atoms with E-state index in [0.29, 0.717) is 18.4 Å². The SMILES string of the molecule is Cc1ccc2c(c1)c1c(n2CCC(=O)N2CCCCC2C(C)(C)C)CCN(C)C1. The lowest BCUT2D eigenvalue weighted by Gasteiger charge is -2.43. The van der Waals surface area contributed by atoms with E-state index in [1.165, 1.54) is 34.1 Å². The molecule has 4 nitrogen and oxygen atoms in total. The van der Waals surface area contributed by atoms with Gasteiger partial charge in [-0.05, 0) is 56.3 Å². The van der Waals surface area contributed by atoms with Crippen molar-refractivity contribution in [3.05, 3.63) is 35.0 Å². The Morgan fingerprint density at radius 3 is 2.72 bits per heavy atom. The fourth-order valence-electron chi connectivity index (χ4n) is 5.44. The van der Waals surface area contributed by atoms with Crippen molar-refractivity contribution in [2.24, 2.45) is 5.41 Å². The highest BCUT2D eigenvalue weighted by molar-refractivity contribution is 5.87. The van der Waals surface area contributed by atoms with Gasteiger partial charge in [0.15, 0.2) is 0 Å². The normalized spacial score (nSPS) is 20.9. The molecule has 0 N–H and O–H groups in total. The van der Waals surface area contributed by atoms with Crippen molar-refractivity contribution < 1.29 is 4.79 Å². The second kappa shape index (κ2) is 7.79. The molecular formula is C25H37N3O. The number of amides is 1. The molecule has 29 heavy (non-hydrogen) atoms. The van der Waals surface area contributed by atoms with E-state index in [9.17, 15) is 4.79 Å². The molecule has 158 valence electrons. The van der Waals surface area contributed by atoms with Crippen LogP contribution in [0, 0.1) is 12.3 Å². The van der Waals surface area contributed by atoms with Crippen LogP contribution < -0.4 is 0 Å². The molecule has 2 aliphatic heterocycles. The standard InChI is InChI=1S/C25H37N3O/c1-18-9-10-21-19(16-18)20-17-26(5)14-11-22(20)27(21)15-12-24(29)28-13-7-6-8-23(28)25(2,3)4/h9-10,16,23H,6-8,11-15,17H2,1-5H3. The maximum Gasteiger partial charge on any atom is 0.224 e. The molecule has 1 aromatic heterocycles. The van der Waals surface area contributed by atoms with Crippen LogP contribution in [0.4, 0.5) is 0 Å². The van der Waals surface area contributed by atoms with Gasteiger partial charge in [0.2, 0.25) is 5.91 Å². The van der Waals surface area contributed by atoms with Gasteiger partial charge in [-0.3, -0.25) is 4.79 Å². The molecule has 1 saturated heterocycles. The Morgan fingerprint density at radius 1 is 1.17 bits per heavy atom. The molecule has 0 radical (unpaired) electrons. The molecule has 2 aromatic rings. The summed E-state index contributed by atoms with van der Waals surface area (Å²) in [7, 11) is 2.20. The van der Waals surface area contributed by atoms with Gasteiger partial charge in [-0.15, -0.1) is 0 Å². The van der Waals surface area contributed by atoms with Crippen LogP contribution in [0.5, 0.6) is 0 Å². The van der Waals surface area contributed by atoms with Crippen molar-refractivity contribution in [3.63, 3.8) is 0 Å². The molecule has 1 atom stereocenters. The maximum atomic E-state index is 13.3. The summed E-state index contributed by atoms with van der Waals surface area (Å²) in [6.07, 6.45) is 5.21. The summed E-state index contributed by atoms with van der Waals surface area (Å²) < 4.78 is 2.45. The Balaban J connectivity index is 1.59. The van der Waals surface area contributed by atoms with Gasteiger partial charge >= 0.3 is 0 Å². The van der Waals surface area contributed by atoms with Crippen molar-refractivity contribution in [2.45, 2.75) is 78.9 Å². The lowest BCUT2D eigenvalue weighted by molar-refractivity contribution is -0.138. The number of fused-ring (bicyclic) bond motifs is 3. The summed E-state index contributed by atoms with van der Waals surface area (Å²) in [4.78, 5) is 17.9. The number of nitrogens with zero attached hydrogens (tertiary/aromatic N) is 3. The summed E-state index contributed by atoms with van der Waals surface area (Å²) >= 11 is 0. The molecule has 1 aromatic carbocycles. The van der Waals surface area contributed by atoms with E-state index in [1.807, 2.05) is 0 Å². The van der Waals surface area contributed by atoms with Gasteiger partial charge in [0.25, 0.3) is 0 Å². The number of rotatable bonds is 3. The summed E-state index contributed by atoms with van der Waals surface area (Å²) in [6, 6.07) is 7.16. The Bertz CT molecular complexity index is 905. The number of likely N-dealkylation sites (N-methyl/N-ethyl adjacent to an activating group) is 1. The fraction of sp³-hybridized carbons (Fsp3) is 0.640. The van der Waals surface area contributed by atoms with Gasteiger partial charge in [-0.2, -0.15) is 0 Å². The van der Waals surface area contributed by atoms with Gasteiger partial charge in [-0.1, -0.05) is 32.4 Å². The van der Waals surface area contributed by atoms with Crippen molar-refractivity contribution in [1.82, 2.24) is 14.4 Å². The minimum Gasteiger partial charge on any atom is -0.344 e. The lowest BCUT2D eigenvalue weighted by atomic mass is 9.80. The zero-order valence-electron chi connectivity index (χ0n) is 18.9. The number of likely N-dealkylation sites (tertiary alicyclic amines) is 1. The van der Waals surface area contributed by atoms with Crippen molar-refractivity contribution in [3.8, 4) is 0 Å². The van der Waals surface area contributed by atoms with Crippen LogP contribution in [-0.2, 0) is 24.3 Å². The van der Waals surface area contributed by atoms with Crippen LogP contribution in [0.15, 0.2) is 18.2 Å². The van der Waals surface area contributed by atoms with Gasteiger partial charge in [0.1, 0.15) is 0 Å². The molecule has 0 aliphatic carbocycles. The summed E-state index contributed by atoms with van der Waals surface area (Å²) in [5, 5.41) is 1.38. The van der Waals surface area contributed by atoms with Crippen molar-refractivity contribution in [1.29, 1.82) is 0 Å². The molecule has 1 fully saturated rings. The third-order valence-corrected chi connectivity index (χ3v) is 6.97. The predicted molar refractivity (Wildman–Crippen MR) is 120 cm³/mol. The second-order valence-corrected chi connectivity index (χ2v) is 10.3. The van der Waals surface area contributed by atoms with E-state index >= 15 is 0 Å². The minimum atomic E-state index is 0.150. The number of benzene rings is 1. The van der Waals surface area contributed by atoms with Crippen LogP contribution in [0.1, 0.15) is 63.3 Å². The van der Waals surface area contributed by atoms with Crippen LogP contribution in [0.2, 0.25) is 0 Å². The van der Waals surface area contributed by atoms with E-state index in [1.54, 1.807) is 0 Å². The molecule has 0 spiro atoms. The zero-order chi connectivity index (χ0) is 20.8. The third-order valence-electron chi connectivity index (χ3n) is 6.97. The van der Waals surface area contributed by atoms with Gasteiger partial charge in [0, 0.05) is 61.7 Å². The first-order valence-electron chi connectivity index (χ1n) is 11.3. The van der Waals surface area contributed by atoms with Gasteiger partial charge < -0.3 is 14.4 Å². The molecule has 3 heterocycles. The monoisotopic (exact) mass is 395 g/mol. The Kier molecular flexibility index (Phi) is 5.50.